The van der Waals surface area contributed by atoms with Gasteiger partial charge in [0.25, 0.3) is 5.92 Å². The van der Waals surface area contributed by atoms with Gasteiger partial charge in [0, 0.05) is 55.6 Å². The molecule has 37 heavy (non-hydrogen) atoms. The predicted molar refractivity (Wildman–Crippen MR) is 133 cm³/mol. The number of nitrogens with zero attached hydrogens (tertiary/aromatic N) is 4. The van der Waals surface area contributed by atoms with Crippen LogP contribution in [0.5, 0.6) is 0 Å². The summed E-state index contributed by atoms with van der Waals surface area (Å²) in [6.45, 7) is -0.801. The quantitative estimate of drug-likeness (QED) is 0.478. The van der Waals surface area contributed by atoms with E-state index in [1.54, 1.807) is 24.1 Å². The third-order valence-corrected chi connectivity index (χ3v) is 7.10. The molecule has 7 nitrogen and oxygen atoms in total. The largest absolute Gasteiger partial charge is 0.320 e. The summed E-state index contributed by atoms with van der Waals surface area (Å²) in [4.78, 5) is 44.6. The topological polar surface area (TPSA) is 94.4 Å². The van der Waals surface area contributed by atoms with Crippen molar-refractivity contribution in [2.75, 3.05) is 18.5 Å². The van der Waals surface area contributed by atoms with Gasteiger partial charge in [-0.2, -0.15) is 5.26 Å². The maximum absolute atomic E-state index is 13.7. The molecule has 1 atom stereocenters. The number of anilines is 1. The SMILES string of the molecule is CN1C(=O)CCc2cc(-c3ccc4nccc(C(=O)CCC(=O)N5CC(F)(F)C[C@H]5C#N)c4c3)ccc21. The Balaban J connectivity index is 1.38. The zero-order chi connectivity index (χ0) is 26.3. The van der Waals surface area contributed by atoms with Crippen molar-refractivity contribution in [2.45, 2.75) is 44.1 Å². The van der Waals surface area contributed by atoms with Crippen LogP contribution in [0.4, 0.5) is 14.5 Å². The van der Waals surface area contributed by atoms with Gasteiger partial charge in [0.05, 0.1) is 18.1 Å². The molecule has 1 saturated heterocycles. The molecule has 2 aliphatic heterocycles. The Kier molecular flexibility index (Phi) is 6.20. The van der Waals surface area contributed by atoms with Gasteiger partial charge in [0.15, 0.2) is 5.78 Å². The van der Waals surface area contributed by atoms with Crippen LogP contribution in [0.2, 0.25) is 0 Å². The average molecular weight is 503 g/mol. The molecule has 1 fully saturated rings. The first kappa shape index (κ1) is 24.5. The van der Waals surface area contributed by atoms with Gasteiger partial charge in [-0.25, -0.2) is 8.78 Å². The summed E-state index contributed by atoms with van der Waals surface area (Å²) in [6, 6.07) is 13.7. The van der Waals surface area contributed by atoms with Crippen molar-refractivity contribution in [2.24, 2.45) is 0 Å². The zero-order valence-corrected chi connectivity index (χ0v) is 20.2. The number of aromatic nitrogens is 1. The van der Waals surface area contributed by atoms with Gasteiger partial charge in [-0.15, -0.1) is 0 Å². The monoisotopic (exact) mass is 502 g/mol. The maximum Gasteiger partial charge on any atom is 0.268 e. The molecule has 0 bridgehead atoms. The first-order valence-electron chi connectivity index (χ1n) is 12.1. The Morgan fingerprint density at radius 3 is 2.65 bits per heavy atom. The Morgan fingerprint density at radius 1 is 1.11 bits per heavy atom. The summed E-state index contributed by atoms with van der Waals surface area (Å²) in [6.07, 6.45) is 1.53. The lowest BCUT2D eigenvalue weighted by Gasteiger charge is -2.26. The van der Waals surface area contributed by atoms with Crippen LogP contribution >= 0.6 is 0 Å². The van der Waals surface area contributed by atoms with Crippen molar-refractivity contribution in [3.8, 4) is 17.2 Å². The number of carbonyl (C=O) groups excluding carboxylic acids is 3. The van der Waals surface area contributed by atoms with Crippen LogP contribution < -0.4 is 4.90 Å². The number of halogens is 2. The number of Topliss-reactive ketones (excluding diaryl/α,β-unsaturated/α-hetero) is 1. The fraction of sp³-hybridized carbons (Fsp3) is 0.321. The fourth-order valence-electron chi connectivity index (χ4n) is 5.10. The lowest BCUT2D eigenvalue weighted by atomic mass is 9.94. The maximum atomic E-state index is 13.7. The predicted octanol–water partition coefficient (Wildman–Crippen LogP) is 4.53. The van der Waals surface area contributed by atoms with E-state index in [2.05, 4.69) is 4.98 Å². The molecule has 0 aliphatic carbocycles. The second kappa shape index (κ2) is 9.36. The highest BCUT2D eigenvalue weighted by Gasteiger charge is 2.47. The molecule has 3 aromatic rings. The van der Waals surface area contributed by atoms with Crippen LogP contribution in [0.3, 0.4) is 0 Å². The van der Waals surface area contributed by atoms with Gasteiger partial charge in [-0.1, -0.05) is 12.1 Å². The Bertz CT molecular complexity index is 1480. The summed E-state index contributed by atoms with van der Waals surface area (Å²) in [5.74, 6) is -3.95. The minimum absolute atomic E-state index is 0.0836. The second-order valence-corrected chi connectivity index (χ2v) is 9.54. The van der Waals surface area contributed by atoms with E-state index in [1.165, 1.54) is 6.20 Å². The summed E-state index contributed by atoms with van der Waals surface area (Å²) in [7, 11) is 1.76. The van der Waals surface area contributed by atoms with Crippen LogP contribution in [0.1, 0.15) is 41.6 Å². The molecular weight excluding hydrogens is 478 g/mol. The van der Waals surface area contributed by atoms with Crippen LogP contribution in [0.15, 0.2) is 48.7 Å². The second-order valence-electron chi connectivity index (χ2n) is 9.54. The molecule has 2 amide bonds. The van der Waals surface area contributed by atoms with Crippen molar-refractivity contribution in [1.29, 1.82) is 5.26 Å². The number of pyridine rings is 1. The number of alkyl halides is 2. The molecule has 0 radical (unpaired) electrons. The first-order chi connectivity index (χ1) is 17.7. The summed E-state index contributed by atoms with van der Waals surface area (Å²) >= 11 is 0. The van der Waals surface area contributed by atoms with Gasteiger partial charge in [0.2, 0.25) is 11.8 Å². The molecule has 0 N–H and O–H groups in total. The number of aryl methyl sites for hydroxylation is 1. The van der Waals surface area contributed by atoms with Gasteiger partial charge < -0.3 is 9.80 Å². The van der Waals surface area contributed by atoms with Crippen molar-refractivity contribution < 1.29 is 23.2 Å². The number of rotatable bonds is 5. The summed E-state index contributed by atoms with van der Waals surface area (Å²) in [5.41, 5.74) is 4.79. The van der Waals surface area contributed by atoms with Crippen molar-refractivity contribution >= 4 is 34.2 Å². The molecule has 2 aromatic carbocycles. The van der Waals surface area contributed by atoms with Gasteiger partial charge in [-0.05, 0) is 53.4 Å². The highest BCUT2D eigenvalue weighted by Crippen LogP contribution is 2.34. The number of ketones is 1. The van der Waals surface area contributed by atoms with E-state index >= 15 is 0 Å². The third-order valence-electron chi connectivity index (χ3n) is 7.10. The lowest BCUT2D eigenvalue weighted by Crippen LogP contribution is -2.36. The first-order valence-corrected chi connectivity index (χ1v) is 12.1. The molecular formula is C28H24F2N4O3. The smallest absolute Gasteiger partial charge is 0.268 e. The number of nitriles is 1. The molecule has 9 heteroatoms. The number of carbonyl (C=O) groups is 3. The van der Waals surface area contributed by atoms with E-state index in [-0.39, 0.29) is 24.5 Å². The van der Waals surface area contributed by atoms with Crippen molar-refractivity contribution in [3.63, 3.8) is 0 Å². The molecule has 3 heterocycles. The van der Waals surface area contributed by atoms with E-state index in [9.17, 15) is 23.2 Å². The van der Waals surface area contributed by atoms with E-state index < -0.39 is 30.8 Å². The molecule has 5 rings (SSSR count). The Labute approximate surface area is 212 Å². The summed E-state index contributed by atoms with van der Waals surface area (Å²) in [5, 5.41) is 9.76. The minimum Gasteiger partial charge on any atom is -0.320 e. The van der Waals surface area contributed by atoms with Gasteiger partial charge >= 0.3 is 0 Å². The highest BCUT2D eigenvalue weighted by molar-refractivity contribution is 6.08. The van der Waals surface area contributed by atoms with Crippen LogP contribution in [0, 0.1) is 11.3 Å². The molecule has 1 aromatic heterocycles. The Morgan fingerprint density at radius 2 is 1.86 bits per heavy atom. The molecule has 0 unspecified atom stereocenters. The number of amides is 2. The fourth-order valence-corrected chi connectivity index (χ4v) is 5.10. The van der Waals surface area contributed by atoms with Crippen LogP contribution in [0.25, 0.3) is 22.0 Å². The number of benzene rings is 2. The van der Waals surface area contributed by atoms with Gasteiger partial charge in [0.1, 0.15) is 6.04 Å². The average Bonchev–Trinajstić information content (AvgIpc) is 3.23. The van der Waals surface area contributed by atoms with E-state index in [0.29, 0.717) is 29.3 Å². The van der Waals surface area contributed by atoms with E-state index in [4.69, 9.17) is 5.26 Å². The molecule has 188 valence electrons. The summed E-state index contributed by atoms with van der Waals surface area (Å²) < 4.78 is 27.4. The van der Waals surface area contributed by atoms with Crippen LogP contribution in [-0.4, -0.2) is 53.0 Å². The van der Waals surface area contributed by atoms with Crippen LogP contribution in [-0.2, 0) is 16.0 Å². The van der Waals surface area contributed by atoms with Gasteiger partial charge in [-0.3, -0.25) is 19.4 Å². The lowest BCUT2D eigenvalue weighted by molar-refractivity contribution is -0.132. The molecule has 0 saturated carbocycles. The zero-order valence-electron chi connectivity index (χ0n) is 20.2. The normalized spacial score (nSPS) is 18.5. The minimum atomic E-state index is -3.10. The number of fused-ring (bicyclic) bond motifs is 2. The van der Waals surface area contributed by atoms with E-state index in [1.807, 2.05) is 36.4 Å². The van der Waals surface area contributed by atoms with Crippen molar-refractivity contribution in [3.05, 3.63) is 59.8 Å². The number of likely N-dealkylation sites (tertiary alicyclic amines) is 1. The third kappa shape index (κ3) is 4.67. The number of hydrogen-bond acceptors (Lipinski definition) is 5. The molecule has 0 spiro atoms. The van der Waals surface area contributed by atoms with Crippen molar-refractivity contribution in [1.82, 2.24) is 9.88 Å². The van der Waals surface area contributed by atoms with E-state index in [0.717, 1.165) is 27.3 Å². The standard InChI is InChI=1S/C28H24F2N4O3/c1-33-24-6-3-17(12-19(24)4-8-26(33)36)18-2-5-23-22(13-18)21(10-11-32-23)25(35)7-9-27(37)34-16-28(29,30)14-20(34)15-31/h2-3,5-6,10-13,20H,4,7-9,14,16H2,1H3/t20-/m0/s1. The molecule has 2 aliphatic rings. The Hall–Kier alpha value is -4.19. The highest BCUT2D eigenvalue weighted by atomic mass is 19.3. The number of hydrogen-bond donors (Lipinski definition) is 0.